The number of hydrogen-bond acceptors (Lipinski definition) is 7. The van der Waals surface area contributed by atoms with Crippen molar-refractivity contribution < 1.29 is 75.3 Å². The normalized spacial score (nSPS) is 12.2. The van der Waals surface area contributed by atoms with E-state index in [9.17, 15) is 19.8 Å². The zero-order valence-electron chi connectivity index (χ0n) is 51.7. The fraction of sp³-hybridized carbons (Fsp3) is 0.457. The largest absolute Gasteiger partial charge is 1.00 e. The van der Waals surface area contributed by atoms with Crippen LogP contribution in [0.25, 0.3) is 22.3 Å². The van der Waals surface area contributed by atoms with Gasteiger partial charge in [-0.3, -0.25) is 9.59 Å². The van der Waals surface area contributed by atoms with Crippen molar-refractivity contribution in [3.63, 3.8) is 0 Å². The Balaban J connectivity index is 0.000000749. The maximum Gasteiger partial charge on any atom is 1.00 e. The molecule has 9 nitrogen and oxygen atoms in total. The summed E-state index contributed by atoms with van der Waals surface area (Å²) in [7, 11) is 2.42. The Morgan fingerprint density at radius 1 is 0.487 bits per heavy atom. The first-order valence-electron chi connectivity index (χ1n) is 28.1. The third kappa shape index (κ3) is 18.5. The van der Waals surface area contributed by atoms with Gasteiger partial charge in [0.25, 0.3) is 0 Å². The number of aliphatic hydroxyl groups excluding tert-OH is 3. The molecule has 0 saturated carbocycles. The standard InChI is InChI=1S/C35H46O3.C34H44O3.CH4O.Na.2H2O/c1-9-35(10-2,29-17-15-27(24(3)21-29)16-20-32(36)34(5,6)7)30-18-19-31(25(4)22-30)28-13-11-26(12-14-28)23-33(37)38-8;1-8-34(9-2,28-16-14-26(23(3)20-28)15-19-31(35)33(5,6)7)29-17-18-30(24(4)21-29)27-12-10-25(11-13-27)22-32(36)37;1-2;;;/h11-15,17-19,21-22,32,36H,9-10,16,20,23H2,1-8H3;10-14,16-18,20-21,31,35H,8-9,15,19,22H2,1-7H3,(H,36,37);2H,1H3;;2*1H2/q;;;+1;;/p-1. The molecule has 0 aliphatic heterocycles. The van der Waals surface area contributed by atoms with E-state index in [1.54, 1.807) is 0 Å². The Kier molecular flexibility index (Phi) is 29.8. The van der Waals surface area contributed by atoms with E-state index in [1.165, 1.54) is 73.9 Å². The van der Waals surface area contributed by atoms with Gasteiger partial charge in [-0.15, -0.1) is 0 Å². The van der Waals surface area contributed by atoms with Crippen LogP contribution in [0.1, 0.15) is 175 Å². The van der Waals surface area contributed by atoms with Gasteiger partial charge in [0.05, 0.1) is 32.2 Å². The number of carboxylic acids is 1. The topological polar surface area (TPSA) is 186 Å². The van der Waals surface area contributed by atoms with Gasteiger partial charge >= 0.3 is 41.5 Å². The van der Waals surface area contributed by atoms with Crippen molar-refractivity contribution in [2.24, 2.45) is 10.8 Å². The summed E-state index contributed by atoms with van der Waals surface area (Å²) in [6.07, 6.45) is 7.10. The molecule has 0 aliphatic carbocycles. The summed E-state index contributed by atoms with van der Waals surface area (Å²) < 4.78 is 4.79. The second-order valence-corrected chi connectivity index (χ2v) is 23.5. The van der Waals surface area contributed by atoms with Crippen molar-refractivity contribution in [2.45, 2.75) is 184 Å². The molecule has 0 amide bonds. The van der Waals surface area contributed by atoms with Crippen LogP contribution in [0.15, 0.2) is 121 Å². The molecule has 432 valence electrons. The van der Waals surface area contributed by atoms with Gasteiger partial charge in [0.15, 0.2) is 0 Å². The molecule has 0 aliphatic rings. The molecule has 0 heterocycles. The summed E-state index contributed by atoms with van der Waals surface area (Å²) in [6, 6.07) is 43.6. The Morgan fingerprint density at radius 3 is 1.05 bits per heavy atom. The van der Waals surface area contributed by atoms with E-state index < -0.39 is 5.97 Å². The van der Waals surface area contributed by atoms with Gasteiger partial charge < -0.3 is 36.1 Å². The third-order valence-corrected chi connectivity index (χ3v) is 16.6. The SMILES string of the molecule is CCC(CC)(c1ccc(CCC(O)C(C)(C)C)c(C)c1)c1ccc(-c2ccc(CC(=O)O)cc2)c(C)c1.CCC(CC)(c1ccc(CCC(O)C(C)(C)C)c(C)c1)c1ccc(-c2ccc(CC(=O)OC)cc2)c(C)c1.CO.O.[Na+].[OH-]. The molecule has 10 heteroatoms. The Labute approximate surface area is 503 Å². The molecule has 6 aromatic rings. The average molecular weight is 1110 g/mol. The van der Waals surface area contributed by atoms with Crippen LogP contribution in [0, 0.1) is 38.5 Å². The molecule has 6 aromatic carbocycles. The first-order chi connectivity index (χ1) is 36.4. The minimum Gasteiger partial charge on any atom is -0.870 e. The van der Waals surface area contributed by atoms with E-state index >= 15 is 0 Å². The van der Waals surface area contributed by atoms with Crippen molar-refractivity contribution in [1.29, 1.82) is 0 Å². The Hall–Kier alpha value is -4.94. The summed E-state index contributed by atoms with van der Waals surface area (Å²) in [4.78, 5) is 22.6. The van der Waals surface area contributed by atoms with Gasteiger partial charge in [0.2, 0.25) is 0 Å². The molecule has 0 fully saturated rings. The van der Waals surface area contributed by atoms with Crippen molar-refractivity contribution >= 4 is 11.9 Å². The number of methoxy groups -OCH3 is 1. The van der Waals surface area contributed by atoms with E-state index in [0.717, 1.165) is 80.7 Å². The second kappa shape index (κ2) is 32.6. The van der Waals surface area contributed by atoms with Crippen LogP contribution in [0.4, 0.5) is 0 Å². The van der Waals surface area contributed by atoms with Crippen molar-refractivity contribution in [3.8, 4) is 22.3 Å². The van der Waals surface area contributed by atoms with E-state index in [0.29, 0.717) is 6.42 Å². The zero-order valence-corrected chi connectivity index (χ0v) is 53.7. The number of carboxylic acid groups (broad SMARTS) is 1. The summed E-state index contributed by atoms with van der Waals surface area (Å²) >= 11 is 0. The third-order valence-electron chi connectivity index (χ3n) is 16.6. The molecule has 0 spiro atoms. The summed E-state index contributed by atoms with van der Waals surface area (Å²) in [6.45, 7) is 30.4. The molecular formula is C70H97NaO9. The molecular weight excluding hydrogens is 1010 g/mol. The molecule has 6 rings (SSSR count). The number of hydrogen-bond donors (Lipinski definition) is 4. The second-order valence-electron chi connectivity index (χ2n) is 23.5. The van der Waals surface area contributed by atoms with Gasteiger partial charge in [-0.1, -0.05) is 191 Å². The number of aliphatic hydroxyl groups is 3. The predicted molar refractivity (Wildman–Crippen MR) is 327 cm³/mol. The number of aliphatic carboxylic acids is 1. The van der Waals surface area contributed by atoms with Crippen LogP contribution >= 0.6 is 0 Å². The molecule has 80 heavy (non-hydrogen) atoms. The van der Waals surface area contributed by atoms with Gasteiger partial charge in [-0.2, -0.15) is 0 Å². The monoisotopic (exact) mass is 1100 g/mol. The van der Waals surface area contributed by atoms with E-state index in [-0.39, 0.29) is 86.8 Å². The zero-order chi connectivity index (χ0) is 57.5. The summed E-state index contributed by atoms with van der Waals surface area (Å²) in [5.74, 6) is -1.03. The van der Waals surface area contributed by atoms with Crippen LogP contribution in [-0.4, -0.2) is 69.7 Å². The molecule has 0 radical (unpaired) electrons. The number of carbonyl (C=O) groups is 2. The fourth-order valence-corrected chi connectivity index (χ4v) is 11.1. The average Bonchev–Trinajstić information content (AvgIpc) is 3.39. The quantitative estimate of drug-likeness (QED) is 0.0430. The predicted octanol–water partition coefficient (Wildman–Crippen LogP) is 11.8. The number of benzene rings is 6. The van der Waals surface area contributed by atoms with E-state index in [4.69, 9.17) is 14.9 Å². The summed E-state index contributed by atoms with van der Waals surface area (Å²) in [5, 5.41) is 37.1. The van der Waals surface area contributed by atoms with Crippen LogP contribution in [0.5, 0.6) is 0 Å². The van der Waals surface area contributed by atoms with Crippen molar-refractivity contribution in [3.05, 3.63) is 188 Å². The smallest absolute Gasteiger partial charge is 0.870 e. The minimum absolute atomic E-state index is 0. The molecule has 2 unspecified atom stereocenters. The number of esters is 1. The number of rotatable bonds is 20. The van der Waals surface area contributed by atoms with E-state index in [2.05, 4.69) is 182 Å². The van der Waals surface area contributed by atoms with Gasteiger partial charge in [-0.05, 0) is 179 Å². The van der Waals surface area contributed by atoms with Gasteiger partial charge in [-0.25, -0.2) is 0 Å². The first-order valence-corrected chi connectivity index (χ1v) is 28.1. The van der Waals surface area contributed by atoms with Crippen molar-refractivity contribution in [2.75, 3.05) is 14.2 Å². The molecule has 2 atom stereocenters. The number of ether oxygens (including phenoxy) is 1. The van der Waals surface area contributed by atoms with Crippen LogP contribution in [-0.2, 0) is 50.8 Å². The number of aryl methyl sites for hydroxylation is 6. The van der Waals surface area contributed by atoms with Crippen LogP contribution in [0.3, 0.4) is 0 Å². The van der Waals surface area contributed by atoms with Crippen LogP contribution in [0.2, 0.25) is 0 Å². The van der Waals surface area contributed by atoms with Crippen LogP contribution < -0.4 is 29.6 Å². The van der Waals surface area contributed by atoms with Gasteiger partial charge in [0, 0.05) is 17.9 Å². The summed E-state index contributed by atoms with van der Waals surface area (Å²) in [5.41, 5.74) is 19.2. The number of carbonyl (C=O) groups excluding carboxylic acids is 1. The first kappa shape index (κ1) is 73.1. The van der Waals surface area contributed by atoms with E-state index in [1.807, 2.05) is 36.4 Å². The molecule has 0 saturated heterocycles. The Bertz CT molecular complexity index is 2850. The molecule has 0 aromatic heterocycles. The fourth-order valence-electron chi connectivity index (χ4n) is 11.1. The minimum atomic E-state index is -0.811. The van der Waals surface area contributed by atoms with Gasteiger partial charge in [0.1, 0.15) is 0 Å². The molecule has 0 bridgehead atoms. The van der Waals surface area contributed by atoms with Crippen molar-refractivity contribution in [1.82, 2.24) is 0 Å². The molecule has 7 N–H and O–H groups in total. The maximum absolute atomic E-state index is 11.6. The Morgan fingerprint density at radius 2 is 0.787 bits per heavy atom. The maximum atomic E-state index is 11.6.